The fraction of sp³-hybridized carbons (Fsp3) is 0.154. The van der Waals surface area contributed by atoms with Gasteiger partial charge in [-0.05, 0) is 55.3 Å². The zero-order valence-corrected chi connectivity index (χ0v) is 17.9. The molecule has 0 spiro atoms. The number of anilines is 2. The van der Waals surface area contributed by atoms with Gasteiger partial charge in [-0.1, -0.05) is 24.3 Å². The van der Waals surface area contributed by atoms with Crippen LogP contribution in [0, 0.1) is 5.82 Å². The molecule has 2 aromatic carbocycles. The Morgan fingerprint density at radius 3 is 2.58 bits per heavy atom. The first kappa shape index (κ1) is 20.8. The van der Waals surface area contributed by atoms with Gasteiger partial charge in [0.25, 0.3) is 5.91 Å². The number of carbonyl (C=O) groups is 1. The number of pyridine rings is 1. The van der Waals surface area contributed by atoms with E-state index in [9.17, 15) is 9.18 Å². The second kappa shape index (κ2) is 9.16. The van der Waals surface area contributed by atoms with E-state index in [-0.39, 0.29) is 17.8 Å². The number of benzene rings is 2. The fourth-order valence-corrected chi connectivity index (χ4v) is 4.09. The molecule has 3 heterocycles. The minimum Gasteiger partial charge on any atom is -0.340 e. The molecule has 1 aliphatic rings. The van der Waals surface area contributed by atoms with E-state index in [0.29, 0.717) is 35.1 Å². The highest BCUT2D eigenvalue weighted by Crippen LogP contribution is 2.33. The molecule has 164 valence electrons. The van der Waals surface area contributed by atoms with Gasteiger partial charge in [0.15, 0.2) is 5.82 Å². The highest BCUT2D eigenvalue weighted by molar-refractivity contribution is 5.94. The van der Waals surface area contributed by atoms with Crippen molar-refractivity contribution < 1.29 is 9.18 Å². The minimum atomic E-state index is -0.334. The molecular weight excluding hydrogens is 417 g/mol. The van der Waals surface area contributed by atoms with Crippen molar-refractivity contribution in [3.63, 3.8) is 0 Å². The van der Waals surface area contributed by atoms with E-state index in [0.717, 1.165) is 18.4 Å². The topological polar surface area (TPSA) is 71.0 Å². The van der Waals surface area contributed by atoms with E-state index in [2.05, 4.69) is 10.3 Å². The second-order valence-electron chi connectivity index (χ2n) is 7.89. The Balaban J connectivity index is 1.53. The lowest BCUT2D eigenvalue weighted by Crippen LogP contribution is -2.31. The van der Waals surface area contributed by atoms with Gasteiger partial charge in [-0.25, -0.2) is 14.4 Å². The number of nitrogens with one attached hydrogen (secondary N) is 1. The minimum absolute atomic E-state index is 0.0318. The maximum absolute atomic E-state index is 13.7. The number of hydrogen-bond acceptors (Lipinski definition) is 5. The summed E-state index contributed by atoms with van der Waals surface area (Å²) in [6.07, 6.45) is 5.06. The molecule has 7 heteroatoms. The van der Waals surface area contributed by atoms with Crippen molar-refractivity contribution in [2.24, 2.45) is 0 Å². The SMILES string of the molecule is O=C(c1ccccc1)N1CCC[C@H]1c1nc(Nc2cccc(F)c2)cc(-c2ccncc2)n1. The van der Waals surface area contributed by atoms with E-state index in [1.165, 1.54) is 12.1 Å². The summed E-state index contributed by atoms with van der Waals surface area (Å²) in [5.74, 6) is 0.733. The van der Waals surface area contributed by atoms with Crippen molar-refractivity contribution in [1.29, 1.82) is 0 Å². The lowest BCUT2D eigenvalue weighted by Gasteiger charge is -2.24. The molecule has 4 aromatic rings. The van der Waals surface area contributed by atoms with Gasteiger partial charge in [-0.2, -0.15) is 0 Å². The van der Waals surface area contributed by atoms with Crippen molar-refractivity contribution in [2.75, 3.05) is 11.9 Å². The van der Waals surface area contributed by atoms with Crippen LogP contribution < -0.4 is 5.32 Å². The summed E-state index contributed by atoms with van der Waals surface area (Å²) < 4.78 is 13.7. The Labute approximate surface area is 191 Å². The molecule has 33 heavy (non-hydrogen) atoms. The van der Waals surface area contributed by atoms with Gasteiger partial charge in [0.05, 0.1) is 11.7 Å². The lowest BCUT2D eigenvalue weighted by molar-refractivity contribution is 0.0730. The van der Waals surface area contributed by atoms with Crippen LogP contribution in [0.5, 0.6) is 0 Å². The van der Waals surface area contributed by atoms with Crippen LogP contribution in [0.3, 0.4) is 0 Å². The van der Waals surface area contributed by atoms with Crippen molar-refractivity contribution >= 4 is 17.4 Å². The van der Waals surface area contributed by atoms with E-state index in [4.69, 9.17) is 9.97 Å². The second-order valence-corrected chi connectivity index (χ2v) is 7.89. The molecule has 2 aromatic heterocycles. The molecule has 0 radical (unpaired) electrons. The quantitative estimate of drug-likeness (QED) is 0.451. The summed E-state index contributed by atoms with van der Waals surface area (Å²) in [5, 5.41) is 3.18. The van der Waals surface area contributed by atoms with Gasteiger partial charge in [-0.15, -0.1) is 0 Å². The molecule has 1 aliphatic heterocycles. The molecule has 6 nitrogen and oxygen atoms in total. The summed E-state index contributed by atoms with van der Waals surface area (Å²) in [4.78, 5) is 28.7. The summed E-state index contributed by atoms with van der Waals surface area (Å²) >= 11 is 0. The van der Waals surface area contributed by atoms with Crippen LogP contribution >= 0.6 is 0 Å². The number of likely N-dealkylation sites (tertiary alicyclic amines) is 1. The Hall–Kier alpha value is -4.13. The Morgan fingerprint density at radius 2 is 1.79 bits per heavy atom. The lowest BCUT2D eigenvalue weighted by atomic mass is 10.1. The molecule has 0 unspecified atom stereocenters. The van der Waals surface area contributed by atoms with Crippen molar-refractivity contribution in [2.45, 2.75) is 18.9 Å². The van der Waals surface area contributed by atoms with Crippen molar-refractivity contribution in [3.8, 4) is 11.3 Å². The maximum Gasteiger partial charge on any atom is 0.254 e. The molecule has 5 rings (SSSR count). The first-order chi connectivity index (χ1) is 16.2. The number of rotatable bonds is 5. The first-order valence-electron chi connectivity index (χ1n) is 10.9. The van der Waals surface area contributed by atoms with Crippen LogP contribution in [-0.4, -0.2) is 32.3 Å². The van der Waals surface area contributed by atoms with E-state index in [1.54, 1.807) is 24.5 Å². The smallest absolute Gasteiger partial charge is 0.254 e. The van der Waals surface area contributed by atoms with Crippen LogP contribution in [0.1, 0.15) is 35.1 Å². The monoisotopic (exact) mass is 439 g/mol. The largest absolute Gasteiger partial charge is 0.340 e. The van der Waals surface area contributed by atoms with Crippen LogP contribution in [0.15, 0.2) is 85.2 Å². The standard InChI is InChI=1S/C26H22FN5O/c27-20-8-4-9-21(16-20)29-24-17-22(18-11-13-28-14-12-18)30-25(31-24)23-10-5-15-32(23)26(33)19-6-2-1-3-7-19/h1-4,6-9,11-14,16-17,23H,5,10,15H2,(H,29,30,31)/t23-/m0/s1. The third-order valence-electron chi connectivity index (χ3n) is 5.65. The van der Waals surface area contributed by atoms with Crippen molar-refractivity contribution in [1.82, 2.24) is 19.9 Å². The average molecular weight is 439 g/mol. The highest BCUT2D eigenvalue weighted by Gasteiger charge is 2.33. The Kier molecular flexibility index (Phi) is 5.76. The first-order valence-corrected chi connectivity index (χ1v) is 10.9. The van der Waals surface area contributed by atoms with Gasteiger partial charge < -0.3 is 10.2 Å². The molecular formula is C26H22FN5O. The maximum atomic E-state index is 13.7. The van der Waals surface area contributed by atoms with E-state index in [1.807, 2.05) is 53.4 Å². The molecule has 0 bridgehead atoms. The van der Waals surface area contributed by atoms with Gasteiger partial charge in [0.2, 0.25) is 0 Å². The number of aromatic nitrogens is 3. The van der Waals surface area contributed by atoms with E-state index < -0.39 is 0 Å². The van der Waals surface area contributed by atoms with Crippen molar-refractivity contribution in [3.05, 3.63) is 102 Å². The molecule has 1 amide bonds. The molecule has 1 atom stereocenters. The third-order valence-corrected chi connectivity index (χ3v) is 5.65. The molecule has 1 saturated heterocycles. The normalized spacial score (nSPS) is 15.4. The number of amides is 1. The average Bonchev–Trinajstić information content (AvgIpc) is 3.35. The van der Waals surface area contributed by atoms with Gasteiger partial charge in [0, 0.05) is 41.8 Å². The number of halogens is 1. The zero-order chi connectivity index (χ0) is 22.6. The molecule has 1 fully saturated rings. The summed E-state index contributed by atoms with van der Waals surface area (Å²) in [6, 6.07) is 20.8. The Morgan fingerprint density at radius 1 is 0.970 bits per heavy atom. The molecule has 0 aliphatic carbocycles. The van der Waals surface area contributed by atoms with Gasteiger partial charge in [-0.3, -0.25) is 9.78 Å². The molecule has 1 N–H and O–H groups in total. The van der Waals surface area contributed by atoms with E-state index >= 15 is 0 Å². The Bertz CT molecular complexity index is 1270. The predicted molar refractivity (Wildman–Crippen MR) is 124 cm³/mol. The number of carbonyl (C=O) groups excluding carboxylic acids is 1. The van der Waals surface area contributed by atoms with Gasteiger partial charge >= 0.3 is 0 Å². The van der Waals surface area contributed by atoms with Gasteiger partial charge in [0.1, 0.15) is 11.6 Å². The summed E-state index contributed by atoms with van der Waals surface area (Å²) in [7, 11) is 0. The highest BCUT2D eigenvalue weighted by atomic mass is 19.1. The number of nitrogens with zero attached hydrogens (tertiary/aromatic N) is 4. The summed E-state index contributed by atoms with van der Waals surface area (Å²) in [5.41, 5.74) is 2.83. The summed E-state index contributed by atoms with van der Waals surface area (Å²) in [6.45, 7) is 0.647. The zero-order valence-electron chi connectivity index (χ0n) is 17.9. The predicted octanol–water partition coefficient (Wildman–Crippen LogP) is 5.40. The van der Waals surface area contributed by atoms with Crippen LogP contribution in [-0.2, 0) is 0 Å². The van der Waals surface area contributed by atoms with Crippen LogP contribution in [0.2, 0.25) is 0 Å². The fourth-order valence-electron chi connectivity index (χ4n) is 4.09. The van der Waals surface area contributed by atoms with Crippen LogP contribution in [0.4, 0.5) is 15.9 Å². The number of hydrogen-bond donors (Lipinski definition) is 1. The van der Waals surface area contributed by atoms with Crippen LogP contribution in [0.25, 0.3) is 11.3 Å². The molecule has 0 saturated carbocycles. The third kappa shape index (κ3) is 4.57.